The first-order chi connectivity index (χ1) is 10.2. The van der Waals surface area contributed by atoms with Gasteiger partial charge in [-0.15, -0.1) is 0 Å². The van der Waals surface area contributed by atoms with Gasteiger partial charge in [-0.2, -0.15) is 0 Å². The summed E-state index contributed by atoms with van der Waals surface area (Å²) in [7, 11) is 0. The number of ether oxygens (including phenoxy) is 1. The summed E-state index contributed by atoms with van der Waals surface area (Å²) >= 11 is 3.37. The molecule has 108 valence electrons. The Morgan fingerprint density at radius 1 is 1.24 bits per heavy atom. The fraction of sp³-hybridized carbons (Fsp3) is 0.235. The van der Waals surface area contributed by atoms with Gasteiger partial charge in [0.15, 0.2) is 0 Å². The first kappa shape index (κ1) is 14.3. The van der Waals surface area contributed by atoms with Gasteiger partial charge in [0.25, 0.3) is 5.91 Å². The summed E-state index contributed by atoms with van der Waals surface area (Å²) in [5, 5.41) is 2.95. The molecule has 2 aromatic carbocycles. The van der Waals surface area contributed by atoms with E-state index in [2.05, 4.69) is 33.4 Å². The van der Waals surface area contributed by atoms with Crippen LogP contribution >= 0.6 is 15.9 Å². The average Bonchev–Trinajstić information content (AvgIpc) is 2.52. The molecule has 1 aliphatic rings. The number of hydrogen-bond donors (Lipinski definition) is 1. The number of hydrogen-bond acceptors (Lipinski definition) is 2. The van der Waals surface area contributed by atoms with Crippen LogP contribution in [0.15, 0.2) is 53.0 Å². The molecule has 0 saturated carbocycles. The van der Waals surface area contributed by atoms with Gasteiger partial charge in [0.05, 0.1) is 6.61 Å². The molecule has 0 unspecified atom stereocenters. The van der Waals surface area contributed by atoms with Crippen LogP contribution in [0.3, 0.4) is 0 Å². The Morgan fingerprint density at radius 2 is 2.10 bits per heavy atom. The van der Waals surface area contributed by atoms with E-state index >= 15 is 0 Å². The van der Waals surface area contributed by atoms with Crippen molar-refractivity contribution in [2.75, 3.05) is 13.2 Å². The van der Waals surface area contributed by atoms with Crippen molar-refractivity contribution in [2.45, 2.75) is 12.5 Å². The Morgan fingerprint density at radius 3 is 2.95 bits per heavy atom. The molecule has 0 spiro atoms. The molecular weight excluding hydrogens is 330 g/mol. The Labute approximate surface area is 132 Å². The summed E-state index contributed by atoms with van der Waals surface area (Å²) in [6.45, 7) is 1.19. The van der Waals surface area contributed by atoms with Crippen LogP contribution in [-0.2, 0) is 11.2 Å². The smallest absolute Gasteiger partial charge is 0.251 e. The molecule has 1 heterocycles. The van der Waals surface area contributed by atoms with E-state index in [1.807, 2.05) is 30.3 Å². The molecule has 0 saturated heterocycles. The highest BCUT2D eigenvalue weighted by atomic mass is 79.9. The summed E-state index contributed by atoms with van der Waals surface area (Å²) < 4.78 is 6.69. The average molecular weight is 346 g/mol. The fourth-order valence-corrected chi connectivity index (χ4v) is 2.96. The molecule has 4 heteroatoms. The third-order valence-electron chi connectivity index (χ3n) is 3.63. The maximum absolute atomic E-state index is 12.2. The lowest BCUT2D eigenvalue weighted by molar-refractivity contribution is 0.0411. The quantitative estimate of drug-likeness (QED) is 0.924. The second-order valence-corrected chi connectivity index (χ2v) is 5.94. The van der Waals surface area contributed by atoms with Gasteiger partial charge >= 0.3 is 0 Å². The Hall–Kier alpha value is -1.65. The molecule has 0 fully saturated rings. The predicted octanol–water partition coefficient (Wildman–Crippen LogP) is 3.49. The van der Waals surface area contributed by atoms with E-state index in [0.717, 1.165) is 10.9 Å². The van der Waals surface area contributed by atoms with Gasteiger partial charge < -0.3 is 10.1 Å². The van der Waals surface area contributed by atoms with Crippen molar-refractivity contribution < 1.29 is 9.53 Å². The lowest BCUT2D eigenvalue weighted by atomic mass is 9.97. The van der Waals surface area contributed by atoms with Crippen molar-refractivity contribution in [3.63, 3.8) is 0 Å². The molecule has 1 atom stereocenters. The van der Waals surface area contributed by atoms with Crippen molar-refractivity contribution in [1.82, 2.24) is 5.32 Å². The molecule has 1 N–H and O–H groups in total. The van der Waals surface area contributed by atoms with Crippen LogP contribution in [0.2, 0.25) is 0 Å². The Bertz CT molecular complexity index is 657. The maximum Gasteiger partial charge on any atom is 0.251 e. The fourth-order valence-electron chi connectivity index (χ4n) is 2.56. The molecule has 2 aromatic rings. The lowest BCUT2D eigenvalue weighted by Gasteiger charge is -2.26. The summed E-state index contributed by atoms with van der Waals surface area (Å²) in [6, 6.07) is 15.6. The largest absolute Gasteiger partial charge is 0.371 e. The van der Waals surface area contributed by atoms with Crippen LogP contribution < -0.4 is 5.32 Å². The van der Waals surface area contributed by atoms with E-state index in [1.165, 1.54) is 11.1 Å². The molecular formula is C17H16BrNO2. The van der Waals surface area contributed by atoms with Crippen molar-refractivity contribution in [3.8, 4) is 0 Å². The molecule has 1 aliphatic heterocycles. The second-order valence-electron chi connectivity index (χ2n) is 5.03. The number of fused-ring (bicyclic) bond motifs is 1. The summed E-state index contributed by atoms with van der Waals surface area (Å²) in [5.74, 6) is -0.0806. The Balaban J connectivity index is 1.67. The first-order valence-corrected chi connectivity index (χ1v) is 7.76. The van der Waals surface area contributed by atoms with Gasteiger partial charge in [0.1, 0.15) is 6.10 Å². The monoisotopic (exact) mass is 345 g/mol. The van der Waals surface area contributed by atoms with Crippen LogP contribution in [0.4, 0.5) is 0 Å². The van der Waals surface area contributed by atoms with Crippen LogP contribution in [-0.4, -0.2) is 19.1 Å². The zero-order valence-electron chi connectivity index (χ0n) is 11.5. The van der Waals surface area contributed by atoms with E-state index in [4.69, 9.17) is 4.74 Å². The summed E-state index contributed by atoms with van der Waals surface area (Å²) in [4.78, 5) is 12.2. The van der Waals surface area contributed by atoms with E-state index in [9.17, 15) is 4.79 Å². The number of carbonyl (C=O) groups excluding carboxylic acids is 1. The van der Waals surface area contributed by atoms with Crippen molar-refractivity contribution in [3.05, 3.63) is 69.7 Å². The normalized spacial score (nSPS) is 17.1. The highest BCUT2D eigenvalue weighted by Gasteiger charge is 2.21. The Kier molecular flexibility index (Phi) is 4.36. The summed E-state index contributed by atoms with van der Waals surface area (Å²) in [6.07, 6.45) is 0.873. The van der Waals surface area contributed by atoms with E-state index in [0.29, 0.717) is 18.7 Å². The molecule has 0 aromatic heterocycles. The molecule has 0 aliphatic carbocycles. The maximum atomic E-state index is 12.2. The second kappa shape index (κ2) is 6.41. The molecule has 1 amide bonds. The number of nitrogens with one attached hydrogen (secondary N) is 1. The zero-order valence-corrected chi connectivity index (χ0v) is 13.1. The SMILES string of the molecule is O=C(NC[C@H]1OCCc2ccccc21)c1cccc(Br)c1. The van der Waals surface area contributed by atoms with E-state index in [1.54, 1.807) is 6.07 Å². The van der Waals surface area contributed by atoms with E-state index in [-0.39, 0.29) is 12.0 Å². The minimum Gasteiger partial charge on any atom is -0.371 e. The first-order valence-electron chi connectivity index (χ1n) is 6.97. The molecule has 3 rings (SSSR count). The summed E-state index contributed by atoms with van der Waals surface area (Å²) in [5.41, 5.74) is 3.14. The van der Waals surface area contributed by atoms with Gasteiger partial charge in [0, 0.05) is 16.6 Å². The highest BCUT2D eigenvalue weighted by Crippen LogP contribution is 2.26. The van der Waals surface area contributed by atoms with Crippen molar-refractivity contribution in [2.24, 2.45) is 0 Å². The standard InChI is InChI=1S/C17H16BrNO2/c18-14-6-3-5-13(10-14)17(20)19-11-16-15-7-2-1-4-12(15)8-9-21-16/h1-7,10,16H,8-9,11H2,(H,19,20)/t16-/m1/s1. The predicted molar refractivity (Wildman–Crippen MR) is 85.3 cm³/mol. The lowest BCUT2D eigenvalue weighted by Crippen LogP contribution is -2.31. The van der Waals surface area contributed by atoms with Gasteiger partial charge in [-0.05, 0) is 35.7 Å². The third-order valence-corrected chi connectivity index (χ3v) is 4.12. The minimum absolute atomic E-state index is 0.0638. The van der Waals surface area contributed by atoms with Gasteiger partial charge in [-0.3, -0.25) is 4.79 Å². The van der Waals surface area contributed by atoms with Gasteiger partial charge in [-0.1, -0.05) is 46.3 Å². The van der Waals surface area contributed by atoms with Crippen LogP contribution in [0, 0.1) is 0 Å². The van der Waals surface area contributed by atoms with Crippen molar-refractivity contribution in [1.29, 1.82) is 0 Å². The van der Waals surface area contributed by atoms with Gasteiger partial charge in [0.2, 0.25) is 0 Å². The topological polar surface area (TPSA) is 38.3 Å². The van der Waals surface area contributed by atoms with Crippen LogP contribution in [0.1, 0.15) is 27.6 Å². The minimum atomic E-state index is -0.0806. The zero-order chi connectivity index (χ0) is 14.7. The molecule has 0 radical (unpaired) electrons. The number of carbonyl (C=O) groups is 1. The molecule has 0 bridgehead atoms. The number of amides is 1. The number of rotatable bonds is 3. The molecule has 21 heavy (non-hydrogen) atoms. The van der Waals surface area contributed by atoms with E-state index < -0.39 is 0 Å². The molecule has 3 nitrogen and oxygen atoms in total. The number of halogens is 1. The van der Waals surface area contributed by atoms with Crippen LogP contribution in [0.25, 0.3) is 0 Å². The van der Waals surface area contributed by atoms with Gasteiger partial charge in [-0.25, -0.2) is 0 Å². The number of benzene rings is 2. The van der Waals surface area contributed by atoms with Crippen LogP contribution in [0.5, 0.6) is 0 Å². The van der Waals surface area contributed by atoms with Crippen molar-refractivity contribution >= 4 is 21.8 Å². The highest BCUT2D eigenvalue weighted by molar-refractivity contribution is 9.10. The third kappa shape index (κ3) is 3.34.